The SMILES string of the molecule is COc1ccc(NC(=O)CCc2c[nH]c3ccccc23)cc1. The molecule has 0 aliphatic heterocycles. The summed E-state index contributed by atoms with van der Waals surface area (Å²) in [5.41, 5.74) is 3.05. The number of rotatable bonds is 5. The fraction of sp³-hybridized carbons (Fsp3) is 0.167. The van der Waals surface area contributed by atoms with Gasteiger partial charge in [-0.25, -0.2) is 0 Å². The van der Waals surface area contributed by atoms with Gasteiger partial charge in [-0.2, -0.15) is 0 Å². The van der Waals surface area contributed by atoms with Gasteiger partial charge in [-0.1, -0.05) is 18.2 Å². The van der Waals surface area contributed by atoms with Gasteiger partial charge in [0, 0.05) is 29.2 Å². The predicted molar refractivity (Wildman–Crippen MR) is 88.2 cm³/mol. The third kappa shape index (κ3) is 3.11. The number of carbonyl (C=O) groups excluding carboxylic acids is 1. The largest absolute Gasteiger partial charge is 0.497 e. The molecule has 1 amide bonds. The average molecular weight is 294 g/mol. The van der Waals surface area contributed by atoms with E-state index in [1.165, 1.54) is 10.9 Å². The Kier molecular flexibility index (Phi) is 4.10. The number of amides is 1. The standard InChI is InChI=1S/C18H18N2O2/c1-22-15-9-7-14(8-10-15)20-18(21)11-6-13-12-19-17-5-3-2-4-16(13)17/h2-5,7-10,12,19H,6,11H2,1H3,(H,20,21). The zero-order valence-corrected chi connectivity index (χ0v) is 12.4. The van der Waals surface area contributed by atoms with Crippen molar-refractivity contribution in [2.45, 2.75) is 12.8 Å². The van der Waals surface area contributed by atoms with E-state index < -0.39 is 0 Å². The van der Waals surface area contributed by atoms with Crippen molar-refractivity contribution < 1.29 is 9.53 Å². The van der Waals surface area contributed by atoms with Crippen LogP contribution in [0.2, 0.25) is 0 Å². The summed E-state index contributed by atoms with van der Waals surface area (Å²) in [6.45, 7) is 0. The van der Waals surface area contributed by atoms with Gasteiger partial charge in [0.2, 0.25) is 5.91 Å². The maximum Gasteiger partial charge on any atom is 0.224 e. The van der Waals surface area contributed by atoms with Gasteiger partial charge in [-0.3, -0.25) is 4.79 Å². The number of methoxy groups -OCH3 is 1. The molecular weight excluding hydrogens is 276 g/mol. The number of H-pyrrole nitrogens is 1. The molecule has 112 valence electrons. The highest BCUT2D eigenvalue weighted by Gasteiger charge is 2.07. The molecule has 2 aromatic carbocycles. The molecule has 0 spiro atoms. The van der Waals surface area contributed by atoms with Crippen LogP contribution in [0.5, 0.6) is 5.75 Å². The van der Waals surface area contributed by atoms with Crippen molar-refractivity contribution >= 4 is 22.5 Å². The summed E-state index contributed by atoms with van der Waals surface area (Å²) in [4.78, 5) is 15.3. The number of hydrogen-bond acceptors (Lipinski definition) is 2. The summed E-state index contributed by atoms with van der Waals surface area (Å²) < 4.78 is 5.10. The van der Waals surface area contributed by atoms with Crippen LogP contribution in [0.1, 0.15) is 12.0 Å². The molecule has 0 atom stereocenters. The number of anilines is 1. The highest BCUT2D eigenvalue weighted by Crippen LogP contribution is 2.19. The number of fused-ring (bicyclic) bond motifs is 1. The third-order valence-electron chi connectivity index (χ3n) is 3.67. The number of ether oxygens (including phenoxy) is 1. The van der Waals surface area contributed by atoms with Crippen molar-refractivity contribution in [3.8, 4) is 5.75 Å². The maximum absolute atomic E-state index is 12.0. The fourth-order valence-electron chi connectivity index (χ4n) is 2.48. The van der Waals surface area contributed by atoms with Crippen LogP contribution < -0.4 is 10.1 Å². The van der Waals surface area contributed by atoms with E-state index in [-0.39, 0.29) is 5.91 Å². The molecule has 22 heavy (non-hydrogen) atoms. The maximum atomic E-state index is 12.0. The Morgan fingerprint density at radius 2 is 1.91 bits per heavy atom. The van der Waals surface area contributed by atoms with Crippen molar-refractivity contribution in [3.63, 3.8) is 0 Å². The first-order valence-corrected chi connectivity index (χ1v) is 7.25. The molecule has 0 bridgehead atoms. The fourth-order valence-corrected chi connectivity index (χ4v) is 2.48. The first kappa shape index (κ1) is 14.2. The lowest BCUT2D eigenvalue weighted by Gasteiger charge is -2.06. The Labute approximate surface area is 129 Å². The van der Waals surface area contributed by atoms with E-state index in [1.807, 2.05) is 48.7 Å². The number of benzene rings is 2. The molecular formula is C18H18N2O2. The van der Waals surface area contributed by atoms with Gasteiger partial charge in [0.25, 0.3) is 0 Å². The van der Waals surface area contributed by atoms with Gasteiger partial charge >= 0.3 is 0 Å². The minimum Gasteiger partial charge on any atom is -0.497 e. The second-order valence-corrected chi connectivity index (χ2v) is 5.14. The predicted octanol–water partition coefficient (Wildman–Crippen LogP) is 3.75. The molecule has 4 heteroatoms. The highest BCUT2D eigenvalue weighted by molar-refractivity contribution is 5.91. The number of carbonyl (C=O) groups is 1. The van der Waals surface area contributed by atoms with E-state index in [2.05, 4.69) is 16.4 Å². The molecule has 1 heterocycles. The third-order valence-corrected chi connectivity index (χ3v) is 3.67. The van der Waals surface area contributed by atoms with Crippen LogP contribution in [0.15, 0.2) is 54.7 Å². The zero-order chi connectivity index (χ0) is 15.4. The summed E-state index contributed by atoms with van der Waals surface area (Å²) >= 11 is 0. The van der Waals surface area contributed by atoms with Gasteiger partial charge in [0.1, 0.15) is 5.75 Å². The summed E-state index contributed by atoms with van der Waals surface area (Å²) in [5.74, 6) is 0.784. The Hall–Kier alpha value is -2.75. The first-order valence-electron chi connectivity index (χ1n) is 7.25. The zero-order valence-electron chi connectivity index (χ0n) is 12.4. The summed E-state index contributed by atoms with van der Waals surface area (Å²) in [6.07, 6.45) is 3.14. The van der Waals surface area contributed by atoms with E-state index in [4.69, 9.17) is 4.74 Å². The van der Waals surface area contributed by atoms with Crippen LogP contribution in [-0.4, -0.2) is 18.0 Å². The molecule has 2 N–H and O–H groups in total. The topological polar surface area (TPSA) is 54.1 Å². The molecule has 0 aliphatic rings. The number of aromatic nitrogens is 1. The summed E-state index contributed by atoms with van der Waals surface area (Å²) in [6, 6.07) is 15.4. The van der Waals surface area contributed by atoms with Gasteiger partial charge in [-0.05, 0) is 42.3 Å². The molecule has 4 nitrogen and oxygen atoms in total. The van der Waals surface area contributed by atoms with Crippen LogP contribution >= 0.6 is 0 Å². The molecule has 3 rings (SSSR count). The molecule has 0 aliphatic carbocycles. The Balaban J connectivity index is 1.60. The first-order chi connectivity index (χ1) is 10.8. The monoisotopic (exact) mass is 294 g/mol. The van der Waals surface area contributed by atoms with Crippen LogP contribution in [0, 0.1) is 0 Å². The Morgan fingerprint density at radius 3 is 2.68 bits per heavy atom. The van der Waals surface area contributed by atoms with Crippen molar-refractivity contribution in [1.82, 2.24) is 4.98 Å². The van der Waals surface area contributed by atoms with E-state index in [0.717, 1.165) is 17.0 Å². The Morgan fingerprint density at radius 1 is 1.14 bits per heavy atom. The lowest BCUT2D eigenvalue weighted by atomic mass is 10.1. The normalized spacial score (nSPS) is 10.6. The van der Waals surface area contributed by atoms with Crippen LogP contribution in [0.4, 0.5) is 5.69 Å². The van der Waals surface area contributed by atoms with Gasteiger partial charge in [0.15, 0.2) is 0 Å². The van der Waals surface area contributed by atoms with E-state index >= 15 is 0 Å². The van der Waals surface area contributed by atoms with Crippen molar-refractivity contribution in [3.05, 3.63) is 60.3 Å². The molecule has 0 radical (unpaired) electrons. The van der Waals surface area contributed by atoms with Crippen molar-refractivity contribution in [1.29, 1.82) is 0 Å². The average Bonchev–Trinajstić information content (AvgIpc) is 2.97. The van der Waals surface area contributed by atoms with Gasteiger partial charge < -0.3 is 15.0 Å². The summed E-state index contributed by atoms with van der Waals surface area (Å²) in [7, 11) is 1.62. The van der Waals surface area contributed by atoms with Crippen molar-refractivity contribution in [2.75, 3.05) is 12.4 Å². The second kappa shape index (κ2) is 6.35. The van der Waals surface area contributed by atoms with Gasteiger partial charge in [0.05, 0.1) is 7.11 Å². The smallest absolute Gasteiger partial charge is 0.224 e. The van der Waals surface area contributed by atoms with Crippen LogP contribution in [-0.2, 0) is 11.2 Å². The highest BCUT2D eigenvalue weighted by atomic mass is 16.5. The molecule has 0 saturated heterocycles. The number of para-hydroxylation sites is 1. The minimum absolute atomic E-state index is 0.00967. The van der Waals surface area contributed by atoms with Crippen LogP contribution in [0.25, 0.3) is 10.9 Å². The van der Waals surface area contributed by atoms with E-state index in [0.29, 0.717) is 12.8 Å². The Bertz CT molecular complexity index is 775. The summed E-state index contributed by atoms with van der Waals surface area (Å²) in [5, 5.41) is 4.08. The van der Waals surface area contributed by atoms with E-state index in [9.17, 15) is 4.79 Å². The van der Waals surface area contributed by atoms with Crippen LogP contribution in [0.3, 0.4) is 0 Å². The lowest BCUT2D eigenvalue weighted by molar-refractivity contribution is -0.116. The lowest BCUT2D eigenvalue weighted by Crippen LogP contribution is -2.12. The molecule has 3 aromatic rings. The number of hydrogen-bond donors (Lipinski definition) is 2. The molecule has 0 saturated carbocycles. The minimum atomic E-state index is 0.00967. The van der Waals surface area contributed by atoms with E-state index in [1.54, 1.807) is 7.11 Å². The number of aryl methyl sites for hydroxylation is 1. The quantitative estimate of drug-likeness (QED) is 0.753. The number of nitrogens with one attached hydrogen (secondary N) is 2. The second-order valence-electron chi connectivity index (χ2n) is 5.14. The molecule has 0 unspecified atom stereocenters. The van der Waals surface area contributed by atoms with Gasteiger partial charge in [-0.15, -0.1) is 0 Å². The number of aromatic amines is 1. The van der Waals surface area contributed by atoms with Crippen molar-refractivity contribution in [2.24, 2.45) is 0 Å². The molecule has 1 aromatic heterocycles. The molecule has 0 fully saturated rings.